The average molecular weight is 428 g/mol. The van der Waals surface area contributed by atoms with Crippen LogP contribution in [0.3, 0.4) is 0 Å². The average Bonchev–Trinajstić information content (AvgIpc) is 2.60. The molecule has 0 fully saturated rings. The van der Waals surface area contributed by atoms with Gasteiger partial charge in [-0.25, -0.2) is 10.2 Å². The summed E-state index contributed by atoms with van der Waals surface area (Å²) >= 11 is 11.4. The van der Waals surface area contributed by atoms with Gasteiger partial charge in [0, 0.05) is 37.0 Å². The van der Waals surface area contributed by atoms with E-state index in [-0.39, 0.29) is 37.0 Å². The summed E-state index contributed by atoms with van der Waals surface area (Å²) in [7, 11) is -2.63. The summed E-state index contributed by atoms with van der Waals surface area (Å²) in [5.74, 6) is -0.309. The molecule has 0 amide bonds. The number of benzene rings is 1. The molecule has 2 N–H and O–H groups in total. The molecule has 0 aliphatic heterocycles. The largest absolute Gasteiger partial charge is 0.469 e. The Bertz CT molecular complexity index is 655. The summed E-state index contributed by atoms with van der Waals surface area (Å²) in [5, 5.41) is 10.8. The van der Waals surface area contributed by atoms with Gasteiger partial charge in [0.05, 0.1) is 18.5 Å². The van der Waals surface area contributed by atoms with E-state index in [0.29, 0.717) is 5.56 Å². The van der Waals surface area contributed by atoms with Gasteiger partial charge in [-0.3, -0.25) is 24.0 Å². The van der Waals surface area contributed by atoms with E-state index in [9.17, 15) is 19.5 Å². The second-order valence-corrected chi connectivity index (χ2v) is 7.78. The molecule has 146 valence electrons. The quantitative estimate of drug-likeness (QED) is 0.187. The van der Waals surface area contributed by atoms with Crippen molar-refractivity contribution < 1.29 is 23.5 Å². The minimum Gasteiger partial charge on any atom is -0.469 e. The Morgan fingerprint density at radius 2 is 1.85 bits per heavy atom. The summed E-state index contributed by atoms with van der Waals surface area (Å²) < 4.78 is 24.3. The Morgan fingerprint density at radius 3 is 2.27 bits per heavy atom. The highest BCUT2D eigenvalue weighted by molar-refractivity contribution is 7.53. The van der Waals surface area contributed by atoms with Crippen molar-refractivity contribution in [3.8, 4) is 0 Å². The highest BCUT2D eigenvalue weighted by Crippen LogP contribution is 2.48. The summed E-state index contributed by atoms with van der Waals surface area (Å²) in [6.45, 7) is 0.348. The van der Waals surface area contributed by atoms with Crippen LogP contribution in [0.15, 0.2) is 24.3 Å². The van der Waals surface area contributed by atoms with Crippen LogP contribution < -0.4 is 5.50 Å². The number of nitro benzene ring substituents is 1. The van der Waals surface area contributed by atoms with E-state index in [4.69, 9.17) is 33.2 Å². The molecule has 0 bridgehead atoms. The van der Waals surface area contributed by atoms with Crippen molar-refractivity contribution in [2.75, 3.05) is 32.0 Å². The van der Waals surface area contributed by atoms with Crippen LogP contribution in [0.4, 0.5) is 5.69 Å². The number of carbonyl (C=O) groups excluding carboxylic acids is 1. The van der Waals surface area contributed by atoms with E-state index >= 15 is 0 Å². The molecule has 0 saturated carbocycles. The third-order valence-electron chi connectivity index (χ3n) is 3.41. The highest BCUT2D eigenvalue weighted by Gasteiger charge is 2.32. The zero-order valence-electron chi connectivity index (χ0n) is 14.0. The molecule has 0 radical (unpaired) electrons. The zero-order valence-corrected chi connectivity index (χ0v) is 16.5. The van der Waals surface area contributed by atoms with Crippen LogP contribution in [0.1, 0.15) is 18.1 Å². The van der Waals surface area contributed by atoms with Gasteiger partial charge >= 0.3 is 13.6 Å². The molecule has 1 rings (SSSR count). The first kappa shape index (κ1) is 22.8. The molecule has 0 aliphatic carbocycles. The fourth-order valence-electron chi connectivity index (χ4n) is 2.10. The summed E-state index contributed by atoms with van der Waals surface area (Å²) in [4.78, 5) is 21.9. The Morgan fingerprint density at radius 1 is 1.31 bits per heavy atom. The Hall–Kier alpha value is -1.22. The first-order valence-electron chi connectivity index (χ1n) is 7.50. The van der Waals surface area contributed by atoms with Gasteiger partial charge in [-0.15, -0.1) is 23.2 Å². The minimum absolute atomic E-state index is 0.132. The van der Waals surface area contributed by atoms with Crippen molar-refractivity contribution >= 4 is 42.5 Å². The molecule has 26 heavy (non-hydrogen) atoms. The second kappa shape index (κ2) is 10.8. The molecule has 1 aromatic rings. The molecule has 2 atom stereocenters. The van der Waals surface area contributed by atoms with Gasteiger partial charge in [0.1, 0.15) is 6.10 Å². The minimum atomic E-state index is -3.83. The number of nitro groups is 1. The molecule has 12 heteroatoms. The third-order valence-corrected chi connectivity index (χ3v) is 5.50. The first-order valence-corrected chi connectivity index (χ1v) is 10.2. The fraction of sp³-hybridized carbons (Fsp3) is 0.500. The van der Waals surface area contributed by atoms with Gasteiger partial charge in [-0.2, -0.15) is 0 Å². The second-order valence-electron chi connectivity index (χ2n) is 5.12. The number of alkyl halides is 2. The molecule has 0 spiro atoms. The number of hydrogen-bond donors (Lipinski definition) is 1. The molecule has 0 heterocycles. The zero-order chi connectivity index (χ0) is 19.7. The lowest BCUT2D eigenvalue weighted by Crippen LogP contribution is -2.30. The number of ether oxygens (including phenoxy) is 1. The molecule has 0 saturated heterocycles. The predicted molar refractivity (Wildman–Crippen MR) is 98.4 cm³/mol. The van der Waals surface area contributed by atoms with Crippen molar-refractivity contribution in [3.63, 3.8) is 0 Å². The molecule has 9 nitrogen and oxygen atoms in total. The molecule has 0 aromatic heterocycles. The Labute approximate surface area is 161 Å². The molecule has 0 aliphatic rings. The lowest BCUT2D eigenvalue weighted by atomic mass is 10.1. The van der Waals surface area contributed by atoms with Gasteiger partial charge in [0.25, 0.3) is 5.69 Å². The van der Waals surface area contributed by atoms with Crippen molar-refractivity contribution in [1.82, 2.24) is 4.67 Å². The van der Waals surface area contributed by atoms with Gasteiger partial charge in [0.15, 0.2) is 0 Å². The van der Waals surface area contributed by atoms with E-state index in [2.05, 4.69) is 4.74 Å². The van der Waals surface area contributed by atoms with Crippen LogP contribution in [-0.2, 0) is 18.6 Å². The van der Waals surface area contributed by atoms with Crippen LogP contribution >= 0.6 is 30.9 Å². The Kier molecular flexibility index (Phi) is 9.49. The Balaban J connectivity index is 3.10. The first-order chi connectivity index (χ1) is 12.2. The van der Waals surface area contributed by atoms with E-state index < -0.39 is 24.7 Å². The molecular formula is C14H20Cl2N3O6P. The SMILES string of the molecule is COC(=O)CC(OP(N)(=O)N(CCCl)CCCl)c1ccc([N+](=O)[O-])cc1. The van der Waals surface area contributed by atoms with Crippen LogP contribution in [0.5, 0.6) is 0 Å². The number of esters is 1. The van der Waals surface area contributed by atoms with E-state index in [1.165, 1.54) is 36.0 Å². The van der Waals surface area contributed by atoms with Crippen molar-refractivity contribution in [2.24, 2.45) is 5.50 Å². The van der Waals surface area contributed by atoms with Gasteiger partial charge in [-0.05, 0) is 17.7 Å². The maximum Gasteiger partial charge on any atom is 0.341 e. The number of rotatable bonds is 11. The summed E-state index contributed by atoms with van der Waals surface area (Å²) in [5.41, 5.74) is 6.11. The van der Waals surface area contributed by atoms with Crippen molar-refractivity contribution in [2.45, 2.75) is 12.5 Å². The lowest BCUT2D eigenvalue weighted by Gasteiger charge is -2.30. The summed E-state index contributed by atoms with van der Waals surface area (Å²) in [6.07, 6.45) is -1.29. The van der Waals surface area contributed by atoms with Crippen LogP contribution in [0, 0.1) is 10.1 Å². The maximum atomic E-state index is 12.8. The number of carbonyl (C=O) groups is 1. The molecular weight excluding hydrogens is 408 g/mol. The van der Waals surface area contributed by atoms with Crippen LogP contribution in [-0.4, -0.2) is 47.5 Å². The maximum absolute atomic E-state index is 12.8. The normalized spacial score (nSPS) is 14.7. The number of hydrogen-bond acceptors (Lipinski definition) is 6. The number of methoxy groups -OCH3 is 1. The standard InChI is InChI=1S/C14H20Cl2N3O6P/c1-24-14(20)10-13(11-2-4-12(5-3-11)19(21)22)25-26(17,23)18(8-6-15)9-7-16/h2-5,13H,6-10H2,1H3,(H2,17,23). The summed E-state index contributed by atoms with van der Waals surface area (Å²) in [6, 6.07) is 5.30. The van der Waals surface area contributed by atoms with Crippen molar-refractivity contribution in [1.29, 1.82) is 0 Å². The number of nitrogens with two attached hydrogens (primary N) is 1. The van der Waals surface area contributed by atoms with Gasteiger partial charge in [0.2, 0.25) is 0 Å². The fourth-order valence-corrected chi connectivity index (χ4v) is 4.19. The number of non-ortho nitro benzene ring substituents is 1. The highest BCUT2D eigenvalue weighted by atomic mass is 35.5. The van der Waals surface area contributed by atoms with E-state index in [0.717, 1.165) is 0 Å². The molecule has 2 unspecified atom stereocenters. The number of halogens is 2. The van der Waals surface area contributed by atoms with E-state index in [1.54, 1.807) is 0 Å². The predicted octanol–water partition coefficient (Wildman–Crippen LogP) is 3.06. The monoisotopic (exact) mass is 427 g/mol. The van der Waals surface area contributed by atoms with Gasteiger partial charge in [-0.1, -0.05) is 0 Å². The number of nitrogens with zero attached hydrogens (tertiary/aromatic N) is 2. The van der Waals surface area contributed by atoms with Gasteiger partial charge < -0.3 is 4.74 Å². The smallest absolute Gasteiger partial charge is 0.341 e. The van der Waals surface area contributed by atoms with Crippen LogP contribution in [0.25, 0.3) is 0 Å². The van der Waals surface area contributed by atoms with Crippen LogP contribution in [0.2, 0.25) is 0 Å². The topological polar surface area (TPSA) is 125 Å². The van der Waals surface area contributed by atoms with Crippen molar-refractivity contribution in [3.05, 3.63) is 39.9 Å². The third kappa shape index (κ3) is 6.83. The molecule has 1 aromatic carbocycles. The lowest BCUT2D eigenvalue weighted by molar-refractivity contribution is -0.384. The van der Waals surface area contributed by atoms with E-state index in [1.807, 2.05) is 0 Å².